The summed E-state index contributed by atoms with van der Waals surface area (Å²) >= 11 is 0. The van der Waals surface area contributed by atoms with E-state index >= 15 is 0 Å². The van der Waals surface area contributed by atoms with Crippen molar-refractivity contribution in [2.24, 2.45) is 11.8 Å². The van der Waals surface area contributed by atoms with Gasteiger partial charge >= 0.3 is 6.09 Å². The van der Waals surface area contributed by atoms with Gasteiger partial charge in [-0.05, 0) is 25.7 Å². The van der Waals surface area contributed by atoms with Gasteiger partial charge in [0, 0.05) is 25.6 Å². The Labute approximate surface area is 109 Å². The summed E-state index contributed by atoms with van der Waals surface area (Å²) < 4.78 is 5.17. The molecule has 0 spiro atoms. The van der Waals surface area contributed by atoms with Crippen molar-refractivity contribution in [1.82, 2.24) is 10.2 Å². The highest BCUT2D eigenvalue weighted by atomic mass is 16.6. The maximum Gasteiger partial charge on any atom is 0.409 e. The van der Waals surface area contributed by atoms with Gasteiger partial charge in [0.25, 0.3) is 0 Å². The summed E-state index contributed by atoms with van der Waals surface area (Å²) in [6.07, 6.45) is 1.20. The minimum atomic E-state index is -0.252. The lowest BCUT2D eigenvalue weighted by molar-refractivity contribution is -0.126. The largest absolute Gasteiger partial charge is 0.449 e. The molecule has 18 heavy (non-hydrogen) atoms. The predicted octanol–water partition coefficient (Wildman–Crippen LogP) is 1.63. The summed E-state index contributed by atoms with van der Waals surface area (Å²) in [6.45, 7) is 8.27. The standard InChI is InChI=1S/C13H24N2O3/c1-4-14-12(16)11-5-7-15(8-6-11)13(17)18-9-10(2)3/h10-11H,4-9H2,1-3H3,(H,14,16). The molecule has 0 unspecified atom stereocenters. The third-order valence-corrected chi connectivity index (χ3v) is 3.02. The SMILES string of the molecule is CCNC(=O)C1CCN(C(=O)OCC(C)C)CC1. The van der Waals surface area contributed by atoms with Gasteiger partial charge in [-0.3, -0.25) is 4.79 Å². The summed E-state index contributed by atoms with van der Waals surface area (Å²) in [4.78, 5) is 25.0. The van der Waals surface area contributed by atoms with E-state index in [9.17, 15) is 9.59 Å². The number of carbonyl (C=O) groups is 2. The highest BCUT2D eigenvalue weighted by Gasteiger charge is 2.27. The van der Waals surface area contributed by atoms with Crippen LogP contribution in [0.15, 0.2) is 0 Å². The Kier molecular flexibility index (Phi) is 5.95. The lowest BCUT2D eigenvalue weighted by atomic mass is 9.96. The zero-order chi connectivity index (χ0) is 13.5. The van der Waals surface area contributed by atoms with E-state index in [0.29, 0.717) is 32.2 Å². The third kappa shape index (κ3) is 4.55. The van der Waals surface area contributed by atoms with E-state index in [1.54, 1.807) is 4.90 Å². The molecular weight excluding hydrogens is 232 g/mol. The molecule has 0 aromatic rings. The van der Waals surface area contributed by atoms with Gasteiger partial charge in [0.15, 0.2) is 0 Å². The molecule has 1 N–H and O–H groups in total. The van der Waals surface area contributed by atoms with Crippen LogP contribution in [0.4, 0.5) is 4.79 Å². The monoisotopic (exact) mass is 256 g/mol. The molecule has 1 aliphatic rings. The molecule has 0 radical (unpaired) electrons. The highest BCUT2D eigenvalue weighted by molar-refractivity contribution is 5.79. The number of nitrogens with zero attached hydrogens (tertiary/aromatic N) is 1. The molecule has 2 amide bonds. The number of likely N-dealkylation sites (tertiary alicyclic amines) is 1. The number of nitrogens with one attached hydrogen (secondary N) is 1. The average Bonchev–Trinajstić information content (AvgIpc) is 2.36. The lowest BCUT2D eigenvalue weighted by Gasteiger charge is -2.30. The zero-order valence-corrected chi connectivity index (χ0v) is 11.6. The van der Waals surface area contributed by atoms with Crippen molar-refractivity contribution in [3.05, 3.63) is 0 Å². The van der Waals surface area contributed by atoms with Crippen LogP contribution < -0.4 is 5.32 Å². The van der Waals surface area contributed by atoms with E-state index in [2.05, 4.69) is 5.32 Å². The van der Waals surface area contributed by atoms with Crippen LogP contribution in [0.5, 0.6) is 0 Å². The first-order chi connectivity index (χ1) is 8.54. The summed E-state index contributed by atoms with van der Waals surface area (Å²) in [5.74, 6) is 0.494. The maximum atomic E-state index is 11.7. The van der Waals surface area contributed by atoms with Crippen molar-refractivity contribution < 1.29 is 14.3 Å². The van der Waals surface area contributed by atoms with E-state index in [0.717, 1.165) is 12.8 Å². The van der Waals surface area contributed by atoms with Crippen LogP contribution in [0.1, 0.15) is 33.6 Å². The highest BCUT2D eigenvalue weighted by Crippen LogP contribution is 2.18. The number of rotatable bonds is 4. The molecule has 1 aliphatic heterocycles. The van der Waals surface area contributed by atoms with E-state index in [-0.39, 0.29) is 17.9 Å². The Morgan fingerprint density at radius 1 is 1.33 bits per heavy atom. The fourth-order valence-corrected chi connectivity index (χ4v) is 1.97. The summed E-state index contributed by atoms with van der Waals surface area (Å²) in [5.41, 5.74) is 0. The number of hydrogen-bond acceptors (Lipinski definition) is 3. The normalized spacial score (nSPS) is 16.8. The molecule has 0 aromatic carbocycles. The number of amides is 2. The van der Waals surface area contributed by atoms with Crippen LogP contribution in [0.2, 0.25) is 0 Å². The van der Waals surface area contributed by atoms with Crippen molar-refractivity contribution in [3.8, 4) is 0 Å². The Hall–Kier alpha value is -1.26. The number of piperidine rings is 1. The fourth-order valence-electron chi connectivity index (χ4n) is 1.97. The molecule has 1 heterocycles. The average molecular weight is 256 g/mol. The van der Waals surface area contributed by atoms with Crippen molar-refractivity contribution in [1.29, 1.82) is 0 Å². The minimum absolute atomic E-state index is 0.0408. The van der Waals surface area contributed by atoms with E-state index < -0.39 is 0 Å². The zero-order valence-electron chi connectivity index (χ0n) is 11.6. The molecule has 1 rings (SSSR count). The summed E-state index contributed by atoms with van der Waals surface area (Å²) in [7, 11) is 0. The topological polar surface area (TPSA) is 58.6 Å². The number of carbonyl (C=O) groups excluding carboxylic acids is 2. The van der Waals surface area contributed by atoms with Gasteiger partial charge < -0.3 is 15.0 Å². The van der Waals surface area contributed by atoms with Gasteiger partial charge in [-0.25, -0.2) is 4.79 Å². The van der Waals surface area contributed by atoms with Crippen LogP contribution in [0.25, 0.3) is 0 Å². The van der Waals surface area contributed by atoms with E-state index in [4.69, 9.17) is 4.74 Å². The Morgan fingerprint density at radius 3 is 2.44 bits per heavy atom. The molecule has 1 saturated heterocycles. The number of hydrogen-bond donors (Lipinski definition) is 1. The first-order valence-electron chi connectivity index (χ1n) is 6.74. The van der Waals surface area contributed by atoms with Gasteiger partial charge in [-0.2, -0.15) is 0 Å². The van der Waals surface area contributed by atoms with Crippen LogP contribution in [-0.2, 0) is 9.53 Å². The fraction of sp³-hybridized carbons (Fsp3) is 0.846. The smallest absolute Gasteiger partial charge is 0.409 e. The molecule has 104 valence electrons. The van der Waals surface area contributed by atoms with E-state index in [1.807, 2.05) is 20.8 Å². The van der Waals surface area contributed by atoms with Gasteiger partial charge in [0.1, 0.15) is 0 Å². The van der Waals surface area contributed by atoms with Crippen molar-refractivity contribution in [3.63, 3.8) is 0 Å². The maximum absolute atomic E-state index is 11.7. The first kappa shape index (κ1) is 14.8. The lowest BCUT2D eigenvalue weighted by Crippen LogP contribution is -2.43. The molecular formula is C13H24N2O3. The molecule has 0 atom stereocenters. The molecule has 5 heteroatoms. The summed E-state index contributed by atoms with van der Waals surface area (Å²) in [5, 5.41) is 2.83. The Bertz CT molecular complexity index is 284. The second-order valence-electron chi connectivity index (χ2n) is 5.13. The Morgan fingerprint density at radius 2 is 1.94 bits per heavy atom. The Balaban J connectivity index is 2.30. The predicted molar refractivity (Wildman–Crippen MR) is 69.2 cm³/mol. The summed E-state index contributed by atoms with van der Waals surface area (Å²) in [6, 6.07) is 0. The van der Waals surface area contributed by atoms with Crippen molar-refractivity contribution in [2.45, 2.75) is 33.6 Å². The van der Waals surface area contributed by atoms with Gasteiger partial charge in [-0.15, -0.1) is 0 Å². The second-order valence-corrected chi connectivity index (χ2v) is 5.13. The third-order valence-electron chi connectivity index (χ3n) is 3.02. The first-order valence-corrected chi connectivity index (χ1v) is 6.74. The molecule has 0 bridgehead atoms. The molecule has 5 nitrogen and oxygen atoms in total. The minimum Gasteiger partial charge on any atom is -0.449 e. The molecule has 0 aliphatic carbocycles. The van der Waals surface area contributed by atoms with Crippen LogP contribution in [0.3, 0.4) is 0 Å². The molecule has 1 fully saturated rings. The van der Waals surface area contributed by atoms with Crippen LogP contribution in [0, 0.1) is 11.8 Å². The van der Waals surface area contributed by atoms with Crippen LogP contribution in [-0.4, -0.2) is 43.1 Å². The second kappa shape index (κ2) is 7.24. The molecule has 0 aromatic heterocycles. The van der Waals surface area contributed by atoms with Gasteiger partial charge in [0.2, 0.25) is 5.91 Å². The number of ether oxygens (including phenoxy) is 1. The van der Waals surface area contributed by atoms with E-state index in [1.165, 1.54) is 0 Å². The van der Waals surface area contributed by atoms with Crippen molar-refractivity contribution >= 4 is 12.0 Å². The van der Waals surface area contributed by atoms with Crippen LogP contribution >= 0.6 is 0 Å². The van der Waals surface area contributed by atoms with Crippen molar-refractivity contribution in [2.75, 3.05) is 26.2 Å². The van der Waals surface area contributed by atoms with Gasteiger partial charge in [0.05, 0.1) is 6.61 Å². The molecule has 0 saturated carbocycles. The quantitative estimate of drug-likeness (QED) is 0.831. The van der Waals surface area contributed by atoms with Gasteiger partial charge in [-0.1, -0.05) is 13.8 Å².